The molecular weight excluding hydrogens is 328 g/mol. The van der Waals surface area contributed by atoms with Crippen LogP contribution in [0.1, 0.15) is 16.3 Å². The van der Waals surface area contributed by atoms with E-state index in [-0.39, 0.29) is 11.5 Å². The Kier molecular flexibility index (Phi) is 4.96. The molecule has 0 amide bonds. The fourth-order valence-corrected chi connectivity index (χ4v) is 3.25. The molecule has 0 fully saturated rings. The summed E-state index contributed by atoms with van der Waals surface area (Å²) in [6.45, 7) is 0.313. The Bertz CT molecular complexity index is 879. The number of carboxylic acid groups (broad SMARTS) is 1. The van der Waals surface area contributed by atoms with Crippen LogP contribution in [0.5, 0.6) is 5.75 Å². The molecule has 124 valence electrons. The summed E-state index contributed by atoms with van der Waals surface area (Å²) in [5.41, 5.74) is 0. The summed E-state index contributed by atoms with van der Waals surface area (Å²) in [6.07, 6.45) is 0. The van der Waals surface area contributed by atoms with Crippen molar-refractivity contribution in [2.45, 2.75) is 5.75 Å². The maximum atomic E-state index is 12.1. The smallest absolute Gasteiger partial charge is 0.371 e. The molecule has 3 rings (SSSR count). The molecule has 1 N–H and O–H groups in total. The fourth-order valence-electron chi connectivity index (χ4n) is 2.37. The van der Waals surface area contributed by atoms with Gasteiger partial charge in [0.05, 0.1) is 18.1 Å². The zero-order valence-corrected chi connectivity index (χ0v) is 13.6. The number of carbonyl (C=O) groups is 1. The summed E-state index contributed by atoms with van der Waals surface area (Å²) >= 11 is 0. The van der Waals surface area contributed by atoms with Crippen LogP contribution in [-0.2, 0) is 16.6 Å². The Morgan fingerprint density at radius 2 is 1.88 bits per heavy atom. The molecule has 0 aliphatic rings. The van der Waals surface area contributed by atoms with Gasteiger partial charge in [-0.2, -0.15) is 0 Å². The van der Waals surface area contributed by atoms with Crippen LogP contribution in [0, 0.1) is 0 Å². The average Bonchev–Trinajstić information content (AvgIpc) is 3.04. The molecule has 0 spiro atoms. The molecule has 1 unspecified atom stereocenters. The van der Waals surface area contributed by atoms with E-state index in [1.54, 1.807) is 0 Å². The first-order chi connectivity index (χ1) is 11.6. The fraction of sp³-hybridized carbons (Fsp3) is 0.167. The van der Waals surface area contributed by atoms with Gasteiger partial charge in [-0.05, 0) is 23.6 Å². The molecule has 0 saturated heterocycles. The summed E-state index contributed by atoms with van der Waals surface area (Å²) < 4.78 is 22.9. The largest absolute Gasteiger partial charge is 0.492 e. The van der Waals surface area contributed by atoms with E-state index in [1.807, 2.05) is 42.5 Å². The molecule has 0 aliphatic heterocycles. The van der Waals surface area contributed by atoms with E-state index in [0.29, 0.717) is 18.1 Å². The molecule has 0 radical (unpaired) electrons. The number of furan rings is 1. The highest BCUT2D eigenvalue weighted by Gasteiger charge is 2.11. The van der Waals surface area contributed by atoms with Crippen molar-refractivity contribution in [3.8, 4) is 5.75 Å². The first kappa shape index (κ1) is 16.3. The van der Waals surface area contributed by atoms with E-state index in [2.05, 4.69) is 0 Å². The third-order valence-corrected chi connectivity index (χ3v) is 4.72. The number of carboxylic acids is 1. The molecule has 0 bridgehead atoms. The van der Waals surface area contributed by atoms with Crippen molar-refractivity contribution in [3.05, 3.63) is 66.1 Å². The Morgan fingerprint density at radius 3 is 2.67 bits per heavy atom. The van der Waals surface area contributed by atoms with Crippen molar-refractivity contribution >= 4 is 27.5 Å². The molecule has 3 aromatic rings. The van der Waals surface area contributed by atoms with Gasteiger partial charge in [-0.3, -0.25) is 4.21 Å². The minimum Gasteiger partial charge on any atom is -0.492 e. The number of aromatic carboxylic acids is 1. The second kappa shape index (κ2) is 7.31. The van der Waals surface area contributed by atoms with Crippen LogP contribution in [0.3, 0.4) is 0 Å². The SMILES string of the molecule is O=C(O)c1ccc(CS(=O)CCOc2cccc3ccccc23)o1. The molecule has 6 heteroatoms. The summed E-state index contributed by atoms with van der Waals surface area (Å²) in [6, 6.07) is 16.6. The minimum absolute atomic E-state index is 0.144. The molecule has 1 heterocycles. The summed E-state index contributed by atoms with van der Waals surface area (Å²) in [5.74, 6) is 0.394. The number of benzene rings is 2. The Morgan fingerprint density at radius 1 is 1.08 bits per heavy atom. The second-order valence-electron chi connectivity index (χ2n) is 5.19. The van der Waals surface area contributed by atoms with Crippen molar-refractivity contribution in [3.63, 3.8) is 0 Å². The molecular formula is C18H16O5S. The third-order valence-electron chi connectivity index (χ3n) is 3.49. The van der Waals surface area contributed by atoms with Crippen molar-refractivity contribution < 1.29 is 23.3 Å². The van der Waals surface area contributed by atoms with E-state index in [4.69, 9.17) is 14.3 Å². The lowest BCUT2D eigenvalue weighted by molar-refractivity contribution is 0.0660. The lowest BCUT2D eigenvalue weighted by atomic mass is 10.1. The summed E-state index contributed by atoms with van der Waals surface area (Å²) in [7, 11) is -1.19. The molecule has 0 aliphatic carbocycles. The number of hydrogen-bond donors (Lipinski definition) is 1. The highest BCUT2D eigenvalue weighted by Crippen LogP contribution is 2.25. The Labute approximate surface area is 141 Å². The first-order valence-corrected chi connectivity index (χ1v) is 8.90. The highest BCUT2D eigenvalue weighted by atomic mass is 32.2. The van der Waals surface area contributed by atoms with Gasteiger partial charge in [0.15, 0.2) is 0 Å². The van der Waals surface area contributed by atoms with E-state index in [9.17, 15) is 9.00 Å². The summed E-state index contributed by atoms with van der Waals surface area (Å²) in [5, 5.41) is 10.9. The minimum atomic E-state index is -1.19. The number of fused-ring (bicyclic) bond motifs is 1. The average molecular weight is 344 g/mol. The van der Waals surface area contributed by atoms with Crippen molar-refractivity contribution in [1.82, 2.24) is 0 Å². The zero-order chi connectivity index (χ0) is 16.9. The van der Waals surface area contributed by atoms with Crippen LogP contribution >= 0.6 is 0 Å². The second-order valence-corrected chi connectivity index (χ2v) is 6.76. The van der Waals surface area contributed by atoms with Crippen molar-refractivity contribution in [1.29, 1.82) is 0 Å². The van der Waals surface area contributed by atoms with Gasteiger partial charge in [-0.15, -0.1) is 0 Å². The van der Waals surface area contributed by atoms with Gasteiger partial charge >= 0.3 is 5.97 Å². The molecule has 2 aromatic carbocycles. The molecule has 1 atom stereocenters. The van der Waals surface area contributed by atoms with Gasteiger partial charge in [-0.25, -0.2) is 4.79 Å². The zero-order valence-electron chi connectivity index (χ0n) is 12.8. The Hall–Kier alpha value is -2.60. The molecule has 0 saturated carbocycles. The van der Waals surface area contributed by atoms with E-state index < -0.39 is 16.8 Å². The van der Waals surface area contributed by atoms with E-state index >= 15 is 0 Å². The molecule has 5 nitrogen and oxygen atoms in total. The predicted molar refractivity (Wildman–Crippen MR) is 91.8 cm³/mol. The predicted octanol–water partition coefficient (Wildman–Crippen LogP) is 3.46. The van der Waals surface area contributed by atoms with Gasteiger partial charge in [0, 0.05) is 16.2 Å². The Balaban J connectivity index is 1.55. The third kappa shape index (κ3) is 3.83. The van der Waals surface area contributed by atoms with Crippen LogP contribution < -0.4 is 4.74 Å². The topological polar surface area (TPSA) is 76.7 Å². The standard InChI is InChI=1S/C18H16O5S/c19-18(20)17-9-8-14(23-17)12-24(21)11-10-22-16-7-3-5-13-4-1-2-6-15(13)16/h1-9H,10-12H2,(H,19,20). The lowest BCUT2D eigenvalue weighted by Crippen LogP contribution is -2.10. The van der Waals surface area contributed by atoms with Crippen LogP contribution in [0.15, 0.2) is 59.0 Å². The van der Waals surface area contributed by atoms with Gasteiger partial charge in [-0.1, -0.05) is 36.4 Å². The lowest BCUT2D eigenvalue weighted by Gasteiger charge is -2.09. The van der Waals surface area contributed by atoms with Crippen LogP contribution in [0.4, 0.5) is 0 Å². The van der Waals surface area contributed by atoms with Gasteiger partial charge in [0.1, 0.15) is 11.5 Å². The molecule has 24 heavy (non-hydrogen) atoms. The first-order valence-electron chi connectivity index (χ1n) is 7.41. The normalized spacial score (nSPS) is 12.2. The van der Waals surface area contributed by atoms with Gasteiger partial charge in [0.2, 0.25) is 5.76 Å². The quantitative estimate of drug-likeness (QED) is 0.710. The van der Waals surface area contributed by atoms with Crippen LogP contribution in [-0.4, -0.2) is 27.6 Å². The maximum absolute atomic E-state index is 12.1. The van der Waals surface area contributed by atoms with Gasteiger partial charge < -0.3 is 14.3 Å². The van der Waals surface area contributed by atoms with Gasteiger partial charge in [0.25, 0.3) is 0 Å². The summed E-state index contributed by atoms with van der Waals surface area (Å²) in [4.78, 5) is 10.7. The molecule has 1 aromatic heterocycles. The maximum Gasteiger partial charge on any atom is 0.371 e. The van der Waals surface area contributed by atoms with Crippen molar-refractivity contribution in [2.75, 3.05) is 12.4 Å². The monoisotopic (exact) mass is 344 g/mol. The number of hydrogen-bond acceptors (Lipinski definition) is 4. The van der Waals surface area contributed by atoms with E-state index in [0.717, 1.165) is 16.5 Å². The van der Waals surface area contributed by atoms with Crippen LogP contribution in [0.25, 0.3) is 10.8 Å². The van der Waals surface area contributed by atoms with Crippen LogP contribution in [0.2, 0.25) is 0 Å². The number of rotatable bonds is 7. The van der Waals surface area contributed by atoms with Crippen molar-refractivity contribution in [2.24, 2.45) is 0 Å². The number of ether oxygens (including phenoxy) is 1. The van der Waals surface area contributed by atoms with E-state index in [1.165, 1.54) is 12.1 Å². The highest BCUT2D eigenvalue weighted by molar-refractivity contribution is 7.84.